The van der Waals surface area contributed by atoms with Crippen molar-refractivity contribution < 1.29 is 0 Å². The minimum absolute atomic E-state index is 0.543. The summed E-state index contributed by atoms with van der Waals surface area (Å²) in [5, 5.41) is 1.63. The Hall–Kier alpha value is -0.910. The van der Waals surface area contributed by atoms with E-state index in [-0.39, 0.29) is 0 Å². The van der Waals surface area contributed by atoms with Crippen molar-refractivity contribution in [1.82, 2.24) is 14.9 Å². The van der Waals surface area contributed by atoms with E-state index >= 15 is 0 Å². The van der Waals surface area contributed by atoms with Crippen LogP contribution in [0.25, 0.3) is 10.3 Å². The van der Waals surface area contributed by atoms with Crippen LogP contribution in [-0.2, 0) is 0 Å². The summed E-state index contributed by atoms with van der Waals surface area (Å²) in [7, 11) is 0. The zero-order valence-electron chi connectivity index (χ0n) is 14.0. The summed E-state index contributed by atoms with van der Waals surface area (Å²) in [6.45, 7) is 9.17. The van der Waals surface area contributed by atoms with Crippen LogP contribution in [0, 0.1) is 0 Å². The summed E-state index contributed by atoms with van der Waals surface area (Å²) in [5.74, 6) is 0. The van der Waals surface area contributed by atoms with Crippen molar-refractivity contribution in [1.29, 1.82) is 0 Å². The lowest BCUT2D eigenvalue weighted by atomic mass is 10.0. The van der Waals surface area contributed by atoms with Crippen molar-refractivity contribution in [2.45, 2.75) is 45.6 Å². The molecule has 2 aromatic rings. The number of pyridine rings is 1. The molecule has 0 radical (unpaired) electrons. The molecule has 0 saturated carbocycles. The molecule has 3 rings (SSSR count). The number of aromatic nitrogens is 2. The predicted molar refractivity (Wildman–Crippen MR) is 99.8 cm³/mol. The van der Waals surface area contributed by atoms with Crippen molar-refractivity contribution in [3.63, 3.8) is 0 Å². The van der Waals surface area contributed by atoms with E-state index in [0.717, 1.165) is 34.6 Å². The van der Waals surface area contributed by atoms with Crippen LogP contribution in [-0.4, -0.2) is 47.1 Å². The van der Waals surface area contributed by atoms with Crippen LogP contribution in [0.1, 0.15) is 39.5 Å². The topological polar surface area (TPSA) is 32.3 Å². The van der Waals surface area contributed by atoms with Gasteiger partial charge in [0.05, 0.1) is 0 Å². The molecule has 3 heterocycles. The zero-order chi connectivity index (χ0) is 16.2. The molecule has 0 spiro atoms. The number of rotatable bonds is 6. The number of thiazole rings is 1. The van der Waals surface area contributed by atoms with Gasteiger partial charge in [0.25, 0.3) is 0 Å². The number of hydrogen-bond donors (Lipinski definition) is 0. The SMILES string of the molecule is CCCN(CCC)C1CCN(c2nc3ccc(Cl)nc3s2)CC1. The van der Waals surface area contributed by atoms with Crippen LogP contribution in [0.5, 0.6) is 0 Å². The molecular weight excluding hydrogens is 328 g/mol. The Morgan fingerprint density at radius 1 is 1.17 bits per heavy atom. The minimum Gasteiger partial charge on any atom is -0.348 e. The lowest BCUT2D eigenvalue weighted by Crippen LogP contribution is -2.45. The molecule has 2 aromatic heterocycles. The first-order chi connectivity index (χ1) is 11.2. The smallest absolute Gasteiger partial charge is 0.187 e. The summed E-state index contributed by atoms with van der Waals surface area (Å²) in [5.41, 5.74) is 0.954. The number of halogens is 1. The zero-order valence-corrected chi connectivity index (χ0v) is 15.5. The van der Waals surface area contributed by atoms with Crippen molar-refractivity contribution in [3.8, 4) is 0 Å². The van der Waals surface area contributed by atoms with Crippen LogP contribution >= 0.6 is 22.9 Å². The Labute approximate surface area is 147 Å². The fourth-order valence-electron chi connectivity index (χ4n) is 3.39. The van der Waals surface area contributed by atoms with E-state index in [1.807, 2.05) is 12.1 Å². The Bertz CT molecular complexity index is 631. The normalized spacial score (nSPS) is 16.6. The van der Waals surface area contributed by atoms with Gasteiger partial charge in [-0.1, -0.05) is 36.8 Å². The van der Waals surface area contributed by atoms with Crippen molar-refractivity contribution >= 4 is 38.4 Å². The number of nitrogens with zero attached hydrogens (tertiary/aromatic N) is 4. The van der Waals surface area contributed by atoms with Crippen molar-refractivity contribution in [2.24, 2.45) is 0 Å². The monoisotopic (exact) mass is 352 g/mol. The van der Waals surface area contributed by atoms with Crippen LogP contribution in [0.3, 0.4) is 0 Å². The third-order valence-electron chi connectivity index (χ3n) is 4.48. The third kappa shape index (κ3) is 3.95. The van der Waals surface area contributed by atoms with Gasteiger partial charge >= 0.3 is 0 Å². The Morgan fingerprint density at radius 3 is 2.52 bits per heavy atom. The molecule has 126 valence electrons. The minimum atomic E-state index is 0.543. The average molecular weight is 353 g/mol. The molecule has 1 aliphatic rings. The second-order valence-corrected chi connectivity index (χ2v) is 7.55. The fraction of sp³-hybridized carbons (Fsp3) is 0.647. The first kappa shape index (κ1) is 16.9. The Morgan fingerprint density at radius 2 is 1.87 bits per heavy atom. The first-order valence-electron chi connectivity index (χ1n) is 8.63. The van der Waals surface area contributed by atoms with Crippen molar-refractivity contribution in [3.05, 3.63) is 17.3 Å². The van der Waals surface area contributed by atoms with Gasteiger partial charge in [-0.3, -0.25) is 0 Å². The van der Waals surface area contributed by atoms with E-state index in [9.17, 15) is 0 Å². The van der Waals surface area contributed by atoms with Gasteiger partial charge in [-0.05, 0) is 50.9 Å². The molecule has 0 aliphatic carbocycles. The molecule has 1 aliphatic heterocycles. The summed E-state index contributed by atoms with van der Waals surface area (Å²) in [6.07, 6.45) is 4.93. The van der Waals surface area contributed by atoms with Crippen LogP contribution in [0.4, 0.5) is 5.13 Å². The molecule has 0 aromatic carbocycles. The highest BCUT2D eigenvalue weighted by Gasteiger charge is 2.25. The van der Waals surface area contributed by atoms with Crippen LogP contribution in [0.2, 0.25) is 5.15 Å². The van der Waals surface area contributed by atoms with E-state index in [1.165, 1.54) is 38.8 Å². The lowest BCUT2D eigenvalue weighted by Gasteiger charge is -2.38. The van der Waals surface area contributed by atoms with E-state index in [4.69, 9.17) is 16.6 Å². The van der Waals surface area contributed by atoms with Crippen LogP contribution in [0.15, 0.2) is 12.1 Å². The number of fused-ring (bicyclic) bond motifs is 1. The second-order valence-electron chi connectivity index (χ2n) is 6.21. The summed E-state index contributed by atoms with van der Waals surface area (Å²) in [6, 6.07) is 4.50. The standard InChI is InChI=1S/C17H25ClN4S/c1-3-9-21(10-4-2)13-7-11-22(12-8-13)17-19-14-5-6-15(18)20-16(14)23-17/h5-6,13H,3-4,7-12H2,1-2H3. The van der Waals surface area contributed by atoms with Gasteiger partial charge in [-0.25, -0.2) is 9.97 Å². The van der Waals surface area contributed by atoms with E-state index < -0.39 is 0 Å². The molecule has 0 unspecified atom stereocenters. The van der Waals surface area contributed by atoms with Crippen molar-refractivity contribution in [2.75, 3.05) is 31.1 Å². The molecule has 6 heteroatoms. The molecule has 0 atom stereocenters. The molecule has 0 amide bonds. The summed E-state index contributed by atoms with van der Waals surface area (Å²) < 4.78 is 0. The lowest BCUT2D eigenvalue weighted by molar-refractivity contribution is 0.169. The predicted octanol–water partition coefficient (Wildman–Crippen LogP) is 4.44. The quantitative estimate of drug-likeness (QED) is 0.719. The summed E-state index contributed by atoms with van der Waals surface area (Å²) in [4.78, 5) is 15.1. The molecule has 0 bridgehead atoms. The fourth-order valence-corrected chi connectivity index (χ4v) is 4.58. The maximum absolute atomic E-state index is 5.98. The Kier molecular flexibility index (Phi) is 5.72. The van der Waals surface area contributed by atoms with E-state index in [2.05, 4.69) is 28.6 Å². The van der Waals surface area contributed by atoms with Gasteiger partial charge in [0.1, 0.15) is 15.5 Å². The molecule has 1 saturated heterocycles. The van der Waals surface area contributed by atoms with Gasteiger partial charge in [0.2, 0.25) is 0 Å². The van der Waals surface area contributed by atoms with Gasteiger partial charge in [-0.15, -0.1) is 0 Å². The third-order valence-corrected chi connectivity index (χ3v) is 5.72. The molecule has 23 heavy (non-hydrogen) atoms. The molecular formula is C17H25ClN4S. The number of anilines is 1. The second kappa shape index (κ2) is 7.77. The maximum Gasteiger partial charge on any atom is 0.187 e. The average Bonchev–Trinajstić information content (AvgIpc) is 2.98. The van der Waals surface area contributed by atoms with E-state index in [1.54, 1.807) is 11.3 Å². The highest BCUT2D eigenvalue weighted by molar-refractivity contribution is 7.21. The first-order valence-corrected chi connectivity index (χ1v) is 9.82. The highest BCUT2D eigenvalue weighted by atomic mass is 35.5. The number of hydrogen-bond acceptors (Lipinski definition) is 5. The maximum atomic E-state index is 5.98. The largest absolute Gasteiger partial charge is 0.348 e. The van der Waals surface area contributed by atoms with Crippen LogP contribution < -0.4 is 4.90 Å². The van der Waals surface area contributed by atoms with Gasteiger partial charge in [0, 0.05) is 19.1 Å². The number of piperidine rings is 1. The van der Waals surface area contributed by atoms with Gasteiger partial charge in [0.15, 0.2) is 5.13 Å². The molecule has 4 nitrogen and oxygen atoms in total. The molecule has 1 fully saturated rings. The van der Waals surface area contributed by atoms with Gasteiger partial charge < -0.3 is 9.80 Å². The highest BCUT2D eigenvalue weighted by Crippen LogP contribution is 2.31. The summed E-state index contributed by atoms with van der Waals surface area (Å²) >= 11 is 7.63. The van der Waals surface area contributed by atoms with E-state index in [0.29, 0.717) is 5.15 Å². The molecule has 0 N–H and O–H groups in total. The Balaban J connectivity index is 1.65. The van der Waals surface area contributed by atoms with Gasteiger partial charge in [-0.2, -0.15) is 0 Å².